The van der Waals surface area contributed by atoms with Crippen molar-refractivity contribution in [1.82, 2.24) is 10.2 Å². The molecule has 0 aromatic heterocycles. The van der Waals surface area contributed by atoms with Crippen LogP contribution >= 0.6 is 0 Å². The summed E-state index contributed by atoms with van der Waals surface area (Å²) >= 11 is 0. The second kappa shape index (κ2) is 11.0. The molecule has 5 nitrogen and oxygen atoms in total. The number of aryl methyl sites for hydroxylation is 1. The van der Waals surface area contributed by atoms with E-state index in [1.54, 1.807) is 14.2 Å². The molecule has 0 saturated carbocycles. The van der Waals surface area contributed by atoms with Crippen molar-refractivity contribution in [1.29, 1.82) is 0 Å². The highest BCUT2D eigenvalue weighted by Gasteiger charge is 2.25. The number of piperidine rings is 1. The van der Waals surface area contributed by atoms with Crippen molar-refractivity contribution >= 4 is 5.91 Å². The van der Waals surface area contributed by atoms with E-state index in [2.05, 4.69) is 10.2 Å². The van der Waals surface area contributed by atoms with E-state index < -0.39 is 0 Å². The lowest BCUT2D eigenvalue weighted by Crippen LogP contribution is -2.42. The molecule has 1 N–H and O–H groups in total. The zero-order valence-corrected chi connectivity index (χ0v) is 17.8. The first-order chi connectivity index (χ1) is 14.6. The number of nitrogens with one attached hydrogen (secondary N) is 1. The Morgan fingerprint density at radius 2 is 1.83 bits per heavy atom. The van der Waals surface area contributed by atoms with Crippen LogP contribution in [0.4, 0.5) is 4.39 Å². The minimum absolute atomic E-state index is 0.0141. The largest absolute Gasteiger partial charge is 0.493 e. The molecule has 0 spiro atoms. The minimum Gasteiger partial charge on any atom is -0.493 e. The van der Waals surface area contributed by atoms with Crippen molar-refractivity contribution in [3.05, 3.63) is 59.4 Å². The number of nitrogens with zero attached hydrogens (tertiary/aromatic N) is 1. The number of halogens is 1. The summed E-state index contributed by atoms with van der Waals surface area (Å²) < 4.78 is 23.7. The van der Waals surface area contributed by atoms with E-state index >= 15 is 0 Å². The molecule has 1 heterocycles. The Kier molecular flexibility index (Phi) is 8.08. The molecule has 6 heteroatoms. The van der Waals surface area contributed by atoms with Gasteiger partial charge in [-0.25, -0.2) is 4.39 Å². The number of carbonyl (C=O) groups is 1. The van der Waals surface area contributed by atoms with E-state index in [0.29, 0.717) is 6.54 Å². The molecule has 0 unspecified atom stereocenters. The van der Waals surface area contributed by atoms with E-state index in [4.69, 9.17) is 9.47 Å². The SMILES string of the molecule is COc1ccc(CCCNC(=O)[C@H]2CCCN(Cc3ccc(F)cc3)C2)cc1OC. The van der Waals surface area contributed by atoms with Crippen LogP contribution in [0.25, 0.3) is 0 Å². The molecular weight excluding hydrogens is 383 g/mol. The molecule has 0 radical (unpaired) electrons. The van der Waals surface area contributed by atoms with Crippen LogP contribution in [0.5, 0.6) is 11.5 Å². The topological polar surface area (TPSA) is 50.8 Å². The van der Waals surface area contributed by atoms with Crippen LogP contribution in [0, 0.1) is 11.7 Å². The van der Waals surface area contributed by atoms with Crippen molar-refractivity contribution in [2.45, 2.75) is 32.2 Å². The lowest BCUT2D eigenvalue weighted by Gasteiger charge is -2.32. The fraction of sp³-hybridized carbons (Fsp3) is 0.458. The molecule has 1 atom stereocenters. The van der Waals surface area contributed by atoms with E-state index in [-0.39, 0.29) is 17.6 Å². The summed E-state index contributed by atoms with van der Waals surface area (Å²) in [6.07, 6.45) is 3.65. The number of ether oxygens (including phenoxy) is 2. The molecule has 2 aromatic rings. The molecule has 1 saturated heterocycles. The Bertz CT molecular complexity index is 826. The van der Waals surface area contributed by atoms with Crippen molar-refractivity contribution in [2.24, 2.45) is 5.92 Å². The number of amides is 1. The highest BCUT2D eigenvalue weighted by molar-refractivity contribution is 5.78. The van der Waals surface area contributed by atoms with Gasteiger partial charge in [0.2, 0.25) is 5.91 Å². The van der Waals surface area contributed by atoms with Crippen molar-refractivity contribution in [3.8, 4) is 11.5 Å². The highest BCUT2D eigenvalue weighted by Crippen LogP contribution is 2.28. The summed E-state index contributed by atoms with van der Waals surface area (Å²) in [5.74, 6) is 1.37. The summed E-state index contributed by atoms with van der Waals surface area (Å²) in [6.45, 7) is 3.13. The average Bonchev–Trinajstić information content (AvgIpc) is 2.78. The first kappa shape index (κ1) is 22.1. The average molecular weight is 415 g/mol. The van der Waals surface area contributed by atoms with Crippen molar-refractivity contribution in [3.63, 3.8) is 0 Å². The van der Waals surface area contributed by atoms with E-state index in [1.165, 1.54) is 12.1 Å². The third-order valence-electron chi connectivity index (χ3n) is 5.59. The second-order valence-corrected chi connectivity index (χ2v) is 7.78. The predicted octanol–water partition coefficient (Wildman–Crippen LogP) is 3.80. The van der Waals surface area contributed by atoms with Gasteiger partial charge in [-0.3, -0.25) is 9.69 Å². The summed E-state index contributed by atoms with van der Waals surface area (Å²) in [6, 6.07) is 12.5. The van der Waals surface area contributed by atoms with Gasteiger partial charge in [-0.15, -0.1) is 0 Å². The molecule has 1 amide bonds. The maximum Gasteiger partial charge on any atom is 0.224 e. The fourth-order valence-corrected chi connectivity index (χ4v) is 3.95. The molecule has 0 bridgehead atoms. The number of benzene rings is 2. The monoisotopic (exact) mass is 414 g/mol. The van der Waals surface area contributed by atoms with Crippen LogP contribution in [0.15, 0.2) is 42.5 Å². The Morgan fingerprint density at radius 3 is 2.57 bits per heavy atom. The Morgan fingerprint density at radius 1 is 1.10 bits per heavy atom. The molecule has 1 aliphatic heterocycles. The molecule has 30 heavy (non-hydrogen) atoms. The van der Waals surface area contributed by atoms with Gasteiger partial charge in [0.25, 0.3) is 0 Å². The number of methoxy groups -OCH3 is 2. The standard InChI is InChI=1S/C24H31FN2O3/c1-29-22-12-9-18(15-23(22)30-2)5-3-13-26-24(28)20-6-4-14-27(17-20)16-19-7-10-21(25)11-8-19/h7-12,15,20H,3-6,13-14,16-17H2,1-2H3,(H,26,28)/t20-/m0/s1. The van der Waals surface area contributed by atoms with E-state index in [9.17, 15) is 9.18 Å². The van der Waals surface area contributed by atoms with Gasteiger partial charge >= 0.3 is 0 Å². The number of hydrogen-bond acceptors (Lipinski definition) is 4. The first-order valence-electron chi connectivity index (χ1n) is 10.5. The quantitative estimate of drug-likeness (QED) is 0.634. The minimum atomic E-state index is -0.220. The predicted molar refractivity (Wildman–Crippen MR) is 115 cm³/mol. The van der Waals surface area contributed by atoms with Gasteiger partial charge in [0.15, 0.2) is 11.5 Å². The summed E-state index contributed by atoms with van der Waals surface area (Å²) in [7, 11) is 3.25. The maximum atomic E-state index is 13.1. The van der Waals surface area contributed by atoms with Gasteiger partial charge in [-0.2, -0.15) is 0 Å². The molecule has 1 aliphatic rings. The molecule has 2 aromatic carbocycles. The first-order valence-corrected chi connectivity index (χ1v) is 10.5. The molecule has 162 valence electrons. The number of hydrogen-bond donors (Lipinski definition) is 1. The number of likely N-dealkylation sites (tertiary alicyclic amines) is 1. The van der Waals surface area contributed by atoms with Crippen molar-refractivity contribution < 1.29 is 18.7 Å². The Labute approximate surface area is 178 Å². The zero-order valence-electron chi connectivity index (χ0n) is 17.8. The third-order valence-corrected chi connectivity index (χ3v) is 5.59. The summed E-state index contributed by atoms with van der Waals surface area (Å²) in [5, 5.41) is 3.09. The number of rotatable bonds is 9. The van der Waals surface area contributed by atoms with E-state index in [1.807, 2.05) is 30.3 Å². The zero-order chi connectivity index (χ0) is 21.3. The second-order valence-electron chi connectivity index (χ2n) is 7.78. The van der Waals surface area contributed by atoms with Crippen LogP contribution < -0.4 is 14.8 Å². The highest BCUT2D eigenvalue weighted by atomic mass is 19.1. The van der Waals surface area contributed by atoms with Crippen LogP contribution in [0.1, 0.15) is 30.4 Å². The van der Waals surface area contributed by atoms with Crippen LogP contribution in [-0.4, -0.2) is 44.7 Å². The van der Waals surface area contributed by atoms with Gasteiger partial charge in [0.1, 0.15) is 5.82 Å². The van der Waals surface area contributed by atoms with Crippen LogP contribution in [0.2, 0.25) is 0 Å². The smallest absolute Gasteiger partial charge is 0.224 e. The van der Waals surface area contributed by atoms with Gasteiger partial charge in [-0.1, -0.05) is 18.2 Å². The number of carbonyl (C=O) groups excluding carboxylic acids is 1. The normalized spacial score (nSPS) is 16.8. The Hall–Kier alpha value is -2.60. The molecule has 0 aliphatic carbocycles. The van der Waals surface area contributed by atoms with Crippen LogP contribution in [-0.2, 0) is 17.8 Å². The van der Waals surface area contributed by atoms with Gasteiger partial charge < -0.3 is 14.8 Å². The van der Waals surface area contributed by atoms with Gasteiger partial charge in [-0.05, 0) is 67.6 Å². The Balaban J connectivity index is 1.41. The maximum absolute atomic E-state index is 13.1. The molecule has 1 fully saturated rings. The molecular formula is C24H31FN2O3. The van der Waals surface area contributed by atoms with Gasteiger partial charge in [0, 0.05) is 19.6 Å². The van der Waals surface area contributed by atoms with Crippen molar-refractivity contribution in [2.75, 3.05) is 33.9 Å². The van der Waals surface area contributed by atoms with E-state index in [0.717, 1.165) is 67.9 Å². The summed E-state index contributed by atoms with van der Waals surface area (Å²) in [4.78, 5) is 14.9. The lowest BCUT2D eigenvalue weighted by atomic mass is 9.96. The third kappa shape index (κ3) is 6.20. The lowest BCUT2D eigenvalue weighted by molar-refractivity contribution is -0.126. The van der Waals surface area contributed by atoms with Crippen LogP contribution in [0.3, 0.4) is 0 Å². The fourth-order valence-electron chi connectivity index (χ4n) is 3.95. The van der Waals surface area contributed by atoms with Gasteiger partial charge in [0.05, 0.1) is 20.1 Å². The molecule has 3 rings (SSSR count). The summed E-state index contributed by atoms with van der Waals surface area (Å²) in [5.41, 5.74) is 2.23.